The molecule has 3 nitrogen and oxygen atoms in total. The monoisotopic (exact) mass is 243 g/mol. The molecule has 96 valence electrons. The van der Waals surface area contributed by atoms with Crippen LogP contribution in [-0.4, -0.2) is 16.3 Å². The fourth-order valence-corrected chi connectivity index (χ4v) is 2.05. The Bertz CT molecular complexity index is 486. The molecule has 0 fully saturated rings. The number of anilines is 1. The number of aromatic nitrogens is 2. The zero-order valence-corrected chi connectivity index (χ0v) is 11.4. The Balaban J connectivity index is 1.94. The van der Waals surface area contributed by atoms with Crippen molar-refractivity contribution in [3.8, 4) is 0 Å². The third kappa shape index (κ3) is 3.13. The van der Waals surface area contributed by atoms with E-state index < -0.39 is 0 Å². The van der Waals surface area contributed by atoms with Gasteiger partial charge >= 0.3 is 0 Å². The fourth-order valence-electron chi connectivity index (χ4n) is 2.05. The molecule has 1 heterocycles. The first kappa shape index (κ1) is 12.7. The van der Waals surface area contributed by atoms with Crippen LogP contribution in [-0.2, 0) is 13.5 Å². The Morgan fingerprint density at radius 3 is 2.61 bits per heavy atom. The molecule has 0 saturated carbocycles. The molecular formula is C15H21N3. The maximum Gasteiger partial charge on any atom is 0.0881 e. The van der Waals surface area contributed by atoms with Crippen LogP contribution in [0.2, 0.25) is 0 Å². The molecule has 0 aliphatic carbocycles. The molecule has 18 heavy (non-hydrogen) atoms. The van der Waals surface area contributed by atoms with Gasteiger partial charge in [-0.15, -0.1) is 0 Å². The SMILES string of the molecule is CC(C)c1nn(C)cc1NCCc1ccccc1. The van der Waals surface area contributed by atoms with Gasteiger partial charge in [0.1, 0.15) is 0 Å². The smallest absolute Gasteiger partial charge is 0.0881 e. The van der Waals surface area contributed by atoms with Crippen molar-refractivity contribution in [1.82, 2.24) is 9.78 Å². The lowest BCUT2D eigenvalue weighted by Gasteiger charge is -2.08. The van der Waals surface area contributed by atoms with E-state index in [1.165, 1.54) is 5.56 Å². The van der Waals surface area contributed by atoms with Crippen molar-refractivity contribution >= 4 is 5.69 Å². The molecule has 2 aromatic rings. The predicted molar refractivity (Wildman–Crippen MR) is 75.9 cm³/mol. The molecule has 0 saturated heterocycles. The number of nitrogens with one attached hydrogen (secondary N) is 1. The van der Waals surface area contributed by atoms with Crippen molar-refractivity contribution in [2.45, 2.75) is 26.2 Å². The van der Waals surface area contributed by atoms with Gasteiger partial charge in [-0.05, 0) is 17.9 Å². The highest BCUT2D eigenvalue weighted by Crippen LogP contribution is 2.21. The molecule has 1 N–H and O–H groups in total. The minimum Gasteiger partial charge on any atom is -0.382 e. The van der Waals surface area contributed by atoms with E-state index in [1.807, 2.05) is 11.7 Å². The van der Waals surface area contributed by atoms with Crippen LogP contribution in [0.3, 0.4) is 0 Å². The molecule has 1 aromatic carbocycles. The number of nitrogens with zero attached hydrogens (tertiary/aromatic N) is 2. The van der Waals surface area contributed by atoms with E-state index in [9.17, 15) is 0 Å². The molecule has 3 heteroatoms. The van der Waals surface area contributed by atoms with Crippen LogP contribution in [0.5, 0.6) is 0 Å². The topological polar surface area (TPSA) is 29.9 Å². The van der Waals surface area contributed by atoms with Gasteiger partial charge in [0.05, 0.1) is 11.4 Å². The van der Waals surface area contributed by atoms with Crippen LogP contribution in [0.25, 0.3) is 0 Å². The molecule has 0 aliphatic heterocycles. The number of benzene rings is 1. The summed E-state index contributed by atoms with van der Waals surface area (Å²) in [6, 6.07) is 10.5. The number of aryl methyl sites for hydroxylation is 1. The third-order valence-corrected chi connectivity index (χ3v) is 2.98. The summed E-state index contributed by atoms with van der Waals surface area (Å²) in [5.74, 6) is 0.449. The molecule has 0 radical (unpaired) electrons. The van der Waals surface area contributed by atoms with Gasteiger partial charge in [0, 0.05) is 19.8 Å². The molecule has 0 aliphatic rings. The lowest BCUT2D eigenvalue weighted by atomic mass is 10.1. The summed E-state index contributed by atoms with van der Waals surface area (Å²) < 4.78 is 1.88. The third-order valence-electron chi connectivity index (χ3n) is 2.98. The second-order valence-electron chi connectivity index (χ2n) is 4.92. The highest BCUT2D eigenvalue weighted by Gasteiger charge is 2.10. The molecule has 0 unspecified atom stereocenters. The molecule has 0 spiro atoms. The standard InChI is InChI=1S/C15H21N3/c1-12(2)15-14(11-18(3)17-15)16-10-9-13-7-5-4-6-8-13/h4-8,11-12,16H,9-10H2,1-3H3. The van der Waals surface area contributed by atoms with E-state index >= 15 is 0 Å². The fraction of sp³-hybridized carbons (Fsp3) is 0.400. The summed E-state index contributed by atoms with van der Waals surface area (Å²) in [4.78, 5) is 0. The van der Waals surface area contributed by atoms with Gasteiger partial charge in [-0.25, -0.2) is 0 Å². The highest BCUT2D eigenvalue weighted by atomic mass is 15.3. The van der Waals surface area contributed by atoms with E-state index in [4.69, 9.17) is 0 Å². The Morgan fingerprint density at radius 2 is 1.94 bits per heavy atom. The average molecular weight is 243 g/mol. The lowest BCUT2D eigenvalue weighted by Crippen LogP contribution is -2.06. The van der Waals surface area contributed by atoms with Crippen molar-refractivity contribution < 1.29 is 0 Å². The quantitative estimate of drug-likeness (QED) is 0.874. The van der Waals surface area contributed by atoms with E-state index in [0.29, 0.717) is 5.92 Å². The van der Waals surface area contributed by atoms with Crippen LogP contribution < -0.4 is 5.32 Å². The number of rotatable bonds is 5. The van der Waals surface area contributed by atoms with Crippen LogP contribution in [0.1, 0.15) is 31.0 Å². The minimum absolute atomic E-state index is 0.449. The number of hydrogen-bond donors (Lipinski definition) is 1. The van der Waals surface area contributed by atoms with Gasteiger partial charge in [-0.2, -0.15) is 5.10 Å². The first-order valence-electron chi connectivity index (χ1n) is 6.48. The summed E-state index contributed by atoms with van der Waals surface area (Å²) in [5.41, 5.74) is 3.66. The molecule has 0 bridgehead atoms. The van der Waals surface area contributed by atoms with Gasteiger partial charge in [-0.1, -0.05) is 44.2 Å². The van der Waals surface area contributed by atoms with E-state index in [2.05, 4.69) is 60.8 Å². The molecule has 0 atom stereocenters. The second kappa shape index (κ2) is 5.71. The van der Waals surface area contributed by atoms with Crippen LogP contribution in [0, 0.1) is 0 Å². The van der Waals surface area contributed by atoms with Crippen molar-refractivity contribution in [3.05, 3.63) is 47.8 Å². The van der Waals surface area contributed by atoms with Gasteiger partial charge in [-0.3, -0.25) is 4.68 Å². The zero-order valence-electron chi connectivity index (χ0n) is 11.4. The van der Waals surface area contributed by atoms with E-state index in [1.54, 1.807) is 0 Å². The molecule has 0 amide bonds. The van der Waals surface area contributed by atoms with Crippen molar-refractivity contribution in [3.63, 3.8) is 0 Å². The first-order chi connectivity index (χ1) is 8.66. The predicted octanol–water partition coefficient (Wildman–Crippen LogP) is 3.20. The van der Waals surface area contributed by atoms with E-state index in [-0.39, 0.29) is 0 Å². The van der Waals surface area contributed by atoms with Gasteiger partial charge in [0.2, 0.25) is 0 Å². The van der Waals surface area contributed by atoms with Gasteiger partial charge in [0.25, 0.3) is 0 Å². The normalized spacial score (nSPS) is 10.9. The Hall–Kier alpha value is -1.77. The van der Waals surface area contributed by atoms with Crippen molar-refractivity contribution in [2.24, 2.45) is 7.05 Å². The maximum absolute atomic E-state index is 4.49. The van der Waals surface area contributed by atoms with Crippen molar-refractivity contribution in [1.29, 1.82) is 0 Å². The van der Waals surface area contributed by atoms with Crippen molar-refractivity contribution in [2.75, 3.05) is 11.9 Å². The molecular weight excluding hydrogens is 222 g/mol. The summed E-state index contributed by atoms with van der Waals surface area (Å²) in [6.45, 7) is 5.28. The van der Waals surface area contributed by atoms with Crippen LogP contribution >= 0.6 is 0 Å². The zero-order chi connectivity index (χ0) is 13.0. The number of hydrogen-bond acceptors (Lipinski definition) is 2. The molecule has 1 aromatic heterocycles. The minimum atomic E-state index is 0.449. The van der Waals surface area contributed by atoms with Gasteiger partial charge in [0.15, 0.2) is 0 Å². The summed E-state index contributed by atoms with van der Waals surface area (Å²) in [7, 11) is 1.97. The largest absolute Gasteiger partial charge is 0.382 e. The summed E-state index contributed by atoms with van der Waals surface area (Å²) >= 11 is 0. The van der Waals surface area contributed by atoms with Crippen LogP contribution in [0.4, 0.5) is 5.69 Å². The van der Waals surface area contributed by atoms with Gasteiger partial charge < -0.3 is 5.32 Å². The lowest BCUT2D eigenvalue weighted by molar-refractivity contribution is 0.713. The van der Waals surface area contributed by atoms with Crippen LogP contribution in [0.15, 0.2) is 36.5 Å². The Kier molecular flexibility index (Phi) is 4.03. The first-order valence-corrected chi connectivity index (χ1v) is 6.48. The maximum atomic E-state index is 4.49. The van der Waals surface area contributed by atoms with E-state index in [0.717, 1.165) is 24.3 Å². The Morgan fingerprint density at radius 1 is 1.22 bits per heavy atom. The molecule has 2 rings (SSSR count). The highest BCUT2D eigenvalue weighted by molar-refractivity contribution is 5.47. The summed E-state index contributed by atoms with van der Waals surface area (Å²) in [5, 5.41) is 7.97. The Labute approximate surface area is 109 Å². The second-order valence-corrected chi connectivity index (χ2v) is 4.92. The summed E-state index contributed by atoms with van der Waals surface area (Å²) in [6.07, 6.45) is 3.09. The average Bonchev–Trinajstić information content (AvgIpc) is 2.72.